The van der Waals surface area contributed by atoms with Crippen molar-refractivity contribution >= 4 is 5.69 Å². The van der Waals surface area contributed by atoms with Crippen molar-refractivity contribution < 1.29 is 0 Å². The zero-order valence-corrected chi connectivity index (χ0v) is 9.64. The predicted molar refractivity (Wildman–Crippen MR) is 71.1 cm³/mol. The van der Waals surface area contributed by atoms with Gasteiger partial charge in [0.25, 0.3) is 0 Å². The quantitative estimate of drug-likeness (QED) is 0.425. The van der Waals surface area contributed by atoms with Gasteiger partial charge in [-0.05, 0) is 23.6 Å². The Morgan fingerprint density at radius 3 is 2.24 bits per heavy atom. The fourth-order valence-corrected chi connectivity index (χ4v) is 1.94. The lowest BCUT2D eigenvalue weighted by Crippen LogP contribution is -2.30. The van der Waals surface area contributed by atoms with Gasteiger partial charge in [0.05, 0.1) is 6.04 Å². The maximum Gasteiger partial charge on any atom is 0.0520 e. The molecule has 0 aliphatic rings. The zero-order chi connectivity index (χ0) is 12.1. The summed E-state index contributed by atoms with van der Waals surface area (Å²) in [4.78, 5) is 0. The monoisotopic (exact) mass is 227 g/mol. The second-order valence-corrected chi connectivity index (χ2v) is 4.04. The third-order valence-corrected chi connectivity index (χ3v) is 2.86. The Kier molecular flexibility index (Phi) is 3.75. The van der Waals surface area contributed by atoms with E-state index in [0.29, 0.717) is 0 Å². The third-order valence-electron chi connectivity index (χ3n) is 2.86. The Balaban J connectivity index is 2.21. The molecule has 3 nitrogen and oxygen atoms in total. The molecular formula is C14H17N3. The van der Waals surface area contributed by atoms with E-state index < -0.39 is 0 Å². The van der Waals surface area contributed by atoms with E-state index in [-0.39, 0.29) is 6.04 Å². The van der Waals surface area contributed by atoms with Crippen LogP contribution in [0, 0.1) is 0 Å². The third kappa shape index (κ3) is 2.84. The van der Waals surface area contributed by atoms with Gasteiger partial charge in [-0.3, -0.25) is 11.3 Å². The smallest absolute Gasteiger partial charge is 0.0520 e. The zero-order valence-electron chi connectivity index (χ0n) is 9.64. The Bertz CT molecular complexity index is 468. The van der Waals surface area contributed by atoms with Gasteiger partial charge in [-0.2, -0.15) is 0 Å². The number of anilines is 1. The summed E-state index contributed by atoms with van der Waals surface area (Å²) in [6, 6.07) is 18.1. The van der Waals surface area contributed by atoms with E-state index in [4.69, 9.17) is 11.6 Å². The van der Waals surface area contributed by atoms with Crippen LogP contribution in [0.4, 0.5) is 5.69 Å². The van der Waals surface area contributed by atoms with E-state index in [1.807, 2.05) is 42.5 Å². The Hall–Kier alpha value is -1.84. The van der Waals surface area contributed by atoms with Gasteiger partial charge in [-0.25, -0.2) is 0 Å². The minimum Gasteiger partial charge on any atom is -0.398 e. The number of nitrogen functional groups attached to an aromatic ring is 1. The molecule has 5 N–H and O–H groups in total. The molecule has 0 heterocycles. The molecular weight excluding hydrogens is 210 g/mol. The van der Waals surface area contributed by atoms with Crippen molar-refractivity contribution in [2.24, 2.45) is 5.84 Å². The first-order valence-electron chi connectivity index (χ1n) is 5.65. The van der Waals surface area contributed by atoms with Crippen LogP contribution in [0.1, 0.15) is 17.2 Å². The number of nitrogens with one attached hydrogen (secondary N) is 1. The standard InChI is InChI=1S/C14H17N3/c15-13-9-5-4-8-12(13)14(17-16)10-11-6-2-1-3-7-11/h1-9,14,17H,10,15-16H2. The molecule has 3 heteroatoms. The summed E-state index contributed by atoms with van der Waals surface area (Å²) in [5.41, 5.74) is 11.8. The average molecular weight is 227 g/mol. The maximum atomic E-state index is 5.96. The highest BCUT2D eigenvalue weighted by molar-refractivity contribution is 5.48. The van der Waals surface area contributed by atoms with Gasteiger partial charge in [-0.1, -0.05) is 48.5 Å². The van der Waals surface area contributed by atoms with Crippen molar-refractivity contribution in [3.05, 3.63) is 65.7 Å². The molecule has 2 aromatic carbocycles. The molecule has 2 aromatic rings. The Morgan fingerprint density at radius 1 is 0.941 bits per heavy atom. The van der Waals surface area contributed by atoms with Crippen LogP contribution in [0.15, 0.2) is 54.6 Å². The van der Waals surface area contributed by atoms with Crippen molar-refractivity contribution in [2.75, 3.05) is 5.73 Å². The lowest BCUT2D eigenvalue weighted by atomic mass is 9.98. The molecule has 0 fully saturated rings. The van der Waals surface area contributed by atoms with Crippen LogP contribution in [0.2, 0.25) is 0 Å². The highest BCUT2D eigenvalue weighted by atomic mass is 15.2. The average Bonchev–Trinajstić information content (AvgIpc) is 2.38. The number of benzene rings is 2. The highest BCUT2D eigenvalue weighted by Crippen LogP contribution is 2.22. The van der Waals surface area contributed by atoms with E-state index in [9.17, 15) is 0 Å². The molecule has 2 rings (SSSR count). The van der Waals surface area contributed by atoms with Gasteiger partial charge in [-0.15, -0.1) is 0 Å². The molecule has 0 bridgehead atoms. The minimum absolute atomic E-state index is 0.0404. The lowest BCUT2D eigenvalue weighted by molar-refractivity contribution is 0.553. The topological polar surface area (TPSA) is 64.1 Å². The van der Waals surface area contributed by atoms with E-state index in [1.165, 1.54) is 5.56 Å². The summed E-state index contributed by atoms with van der Waals surface area (Å²) in [5, 5.41) is 0. The van der Waals surface area contributed by atoms with Gasteiger partial charge >= 0.3 is 0 Å². The molecule has 1 unspecified atom stereocenters. The fraction of sp³-hybridized carbons (Fsp3) is 0.143. The summed E-state index contributed by atoms with van der Waals surface area (Å²) in [6.45, 7) is 0. The van der Waals surface area contributed by atoms with Crippen LogP contribution in [0.3, 0.4) is 0 Å². The number of rotatable bonds is 4. The molecule has 0 aromatic heterocycles. The first-order valence-corrected chi connectivity index (χ1v) is 5.65. The molecule has 17 heavy (non-hydrogen) atoms. The predicted octanol–water partition coefficient (Wildman–Crippen LogP) is 2.02. The second-order valence-electron chi connectivity index (χ2n) is 4.04. The van der Waals surface area contributed by atoms with Crippen molar-refractivity contribution in [1.29, 1.82) is 0 Å². The summed E-state index contributed by atoms with van der Waals surface area (Å²) >= 11 is 0. The van der Waals surface area contributed by atoms with Gasteiger partial charge < -0.3 is 5.73 Å². The molecule has 0 amide bonds. The van der Waals surface area contributed by atoms with Crippen LogP contribution >= 0.6 is 0 Å². The molecule has 1 atom stereocenters. The first kappa shape index (κ1) is 11.6. The van der Waals surface area contributed by atoms with E-state index >= 15 is 0 Å². The fourth-order valence-electron chi connectivity index (χ4n) is 1.94. The van der Waals surface area contributed by atoms with Crippen molar-refractivity contribution in [1.82, 2.24) is 5.43 Å². The Morgan fingerprint density at radius 2 is 1.59 bits per heavy atom. The lowest BCUT2D eigenvalue weighted by Gasteiger charge is -2.18. The van der Waals surface area contributed by atoms with E-state index in [2.05, 4.69) is 17.6 Å². The van der Waals surface area contributed by atoms with Crippen LogP contribution in [-0.4, -0.2) is 0 Å². The summed E-state index contributed by atoms with van der Waals surface area (Å²) in [6.07, 6.45) is 0.825. The van der Waals surface area contributed by atoms with Gasteiger partial charge in [0.15, 0.2) is 0 Å². The number of nitrogens with two attached hydrogens (primary N) is 2. The molecule has 0 radical (unpaired) electrons. The van der Waals surface area contributed by atoms with E-state index in [1.54, 1.807) is 0 Å². The first-order chi connectivity index (χ1) is 8.31. The number of hydrazine groups is 1. The summed E-state index contributed by atoms with van der Waals surface area (Å²) in [5.74, 6) is 5.62. The van der Waals surface area contributed by atoms with Crippen LogP contribution < -0.4 is 17.0 Å². The Labute approximate surface area is 101 Å². The molecule has 0 aliphatic heterocycles. The van der Waals surface area contributed by atoms with Gasteiger partial charge in [0.2, 0.25) is 0 Å². The highest BCUT2D eigenvalue weighted by Gasteiger charge is 2.12. The van der Waals surface area contributed by atoms with Crippen LogP contribution in [0.5, 0.6) is 0 Å². The number of hydrogen-bond acceptors (Lipinski definition) is 3. The van der Waals surface area contributed by atoms with Gasteiger partial charge in [0, 0.05) is 5.69 Å². The molecule has 0 spiro atoms. The van der Waals surface area contributed by atoms with Crippen LogP contribution in [0.25, 0.3) is 0 Å². The summed E-state index contributed by atoms with van der Waals surface area (Å²) < 4.78 is 0. The van der Waals surface area contributed by atoms with Crippen molar-refractivity contribution in [3.8, 4) is 0 Å². The number of para-hydroxylation sites is 1. The van der Waals surface area contributed by atoms with E-state index in [0.717, 1.165) is 17.7 Å². The van der Waals surface area contributed by atoms with Gasteiger partial charge in [0.1, 0.15) is 0 Å². The molecule has 0 saturated carbocycles. The minimum atomic E-state index is 0.0404. The molecule has 0 saturated heterocycles. The number of hydrogen-bond donors (Lipinski definition) is 3. The molecule has 0 aliphatic carbocycles. The summed E-state index contributed by atoms with van der Waals surface area (Å²) in [7, 11) is 0. The van der Waals surface area contributed by atoms with Crippen molar-refractivity contribution in [3.63, 3.8) is 0 Å². The second kappa shape index (κ2) is 5.48. The maximum absolute atomic E-state index is 5.96. The normalized spacial score (nSPS) is 12.3. The largest absolute Gasteiger partial charge is 0.398 e. The van der Waals surface area contributed by atoms with Crippen molar-refractivity contribution in [2.45, 2.75) is 12.5 Å². The SMILES string of the molecule is NNC(Cc1ccccc1)c1ccccc1N. The van der Waals surface area contributed by atoms with Crippen LogP contribution in [-0.2, 0) is 6.42 Å². The molecule has 88 valence electrons.